The third-order valence-corrected chi connectivity index (χ3v) is 6.04. The molecule has 1 unspecified atom stereocenters. The van der Waals surface area contributed by atoms with Gasteiger partial charge in [0.2, 0.25) is 11.8 Å². The summed E-state index contributed by atoms with van der Waals surface area (Å²) < 4.78 is 0. The topological polar surface area (TPSA) is 80.5 Å². The molecule has 1 aromatic rings. The number of nitrogens with one attached hydrogen (secondary N) is 2. The zero-order valence-corrected chi connectivity index (χ0v) is 15.7. The molecule has 3 aliphatic rings. The van der Waals surface area contributed by atoms with Crippen LogP contribution in [-0.2, 0) is 22.7 Å². The van der Waals surface area contributed by atoms with Gasteiger partial charge in [0.15, 0.2) is 12.3 Å². The van der Waals surface area contributed by atoms with Gasteiger partial charge >= 0.3 is 0 Å². The molecule has 0 bridgehead atoms. The minimum absolute atomic E-state index is 0.116. The molecular weight excluding hydrogens is 342 g/mol. The van der Waals surface area contributed by atoms with Crippen molar-refractivity contribution in [1.82, 2.24) is 10.2 Å². The average molecular weight is 368 g/mol. The van der Waals surface area contributed by atoms with Gasteiger partial charge in [0.1, 0.15) is 6.04 Å². The molecular formula is C21H26N3O3+. The smallest absolute Gasteiger partial charge is 0.255 e. The van der Waals surface area contributed by atoms with Crippen molar-refractivity contribution < 1.29 is 19.4 Å². The lowest BCUT2D eigenvalue weighted by Crippen LogP contribution is -2.73. The Balaban J connectivity index is 1.48. The van der Waals surface area contributed by atoms with Gasteiger partial charge in [-0.25, -0.2) is 4.99 Å². The largest absolute Gasteiger partial charge is 0.322 e. The number of rotatable bonds is 3. The molecule has 1 aromatic carbocycles. The summed E-state index contributed by atoms with van der Waals surface area (Å²) in [5.74, 6) is -0.118. The van der Waals surface area contributed by atoms with Crippen LogP contribution in [0.3, 0.4) is 0 Å². The second-order valence-electron chi connectivity index (χ2n) is 7.92. The number of benzene rings is 1. The number of nitrogens with zero attached hydrogens (tertiary/aromatic N) is 1. The molecule has 4 rings (SSSR count). The fourth-order valence-electron chi connectivity index (χ4n) is 4.40. The van der Waals surface area contributed by atoms with Crippen LogP contribution >= 0.6 is 0 Å². The number of fused-ring (bicyclic) bond motifs is 1. The molecule has 142 valence electrons. The zero-order chi connectivity index (χ0) is 19.0. The predicted octanol–water partition coefficient (Wildman–Crippen LogP) is 0.679. The first-order valence-corrected chi connectivity index (χ1v) is 9.89. The zero-order valence-electron chi connectivity index (χ0n) is 15.7. The molecule has 0 spiro atoms. The van der Waals surface area contributed by atoms with Gasteiger partial charge in [-0.2, -0.15) is 0 Å². The van der Waals surface area contributed by atoms with E-state index in [0.717, 1.165) is 24.1 Å². The summed E-state index contributed by atoms with van der Waals surface area (Å²) in [4.78, 5) is 41.4. The predicted molar refractivity (Wildman–Crippen MR) is 99.8 cm³/mol. The van der Waals surface area contributed by atoms with Crippen molar-refractivity contribution in [3.05, 3.63) is 34.9 Å². The summed E-state index contributed by atoms with van der Waals surface area (Å²) in [6.45, 7) is 3.47. The lowest BCUT2D eigenvalue weighted by Gasteiger charge is -2.29. The van der Waals surface area contributed by atoms with Crippen LogP contribution in [0.25, 0.3) is 0 Å². The van der Waals surface area contributed by atoms with Gasteiger partial charge in [0, 0.05) is 36.4 Å². The van der Waals surface area contributed by atoms with Gasteiger partial charge in [-0.1, -0.05) is 19.4 Å². The lowest BCUT2D eigenvalue weighted by molar-refractivity contribution is -0.479. The quantitative estimate of drug-likeness (QED) is 0.770. The average Bonchev–Trinajstić information content (AvgIpc) is 2.97. The molecule has 2 atom stereocenters. The van der Waals surface area contributed by atoms with Gasteiger partial charge in [-0.15, -0.1) is 0 Å². The number of piperidine rings is 1. The number of carbonyl (C=O) groups is 3. The highest BCUT2D eigenvalue weighted by Gasteiger charge is 2.39. The van der Waals surface area contributed by atoms with Crippen LogP contribution in [0.5, 0.6) is 0 Å². The fourth-order valence-corrected chi connectivity index (χ4v) is 4.40. The molecule has 1 aliphatic carbocycles. The summed E-state index contributed by atoms with van der Waals surface area (Å²) in [5.41, 5.74) is 4.22. The van der Waals surface area contributed by atoms with Gasteiger partial charge in [-0.05, 0) is 37.0 Å². The third kappa shape index (κ3) is 3.53. The van der Waals surface area contributed by atoms with Gasteiger partial charge < -0.3 is 4.90 Å². The van der Waals surface area contributed by atoms with Gasteiger partial charge in [0.05, 0.1) is 0 Å². The van der Waals surface area contributed by atoms with E-state index in [0.29, 0.717) is 24.4 Å². The van der Waals surface area contributed by atoms with Crippen LogP contribution in [0.15, 0.2) is 18.2 Å². The highest BCUT2D eigenvalue weighted by Crippen LogP contribution is 2.28. The first-order chi connectivity index (χ1) is 13.0. The van der Waals surface area contributed by atoms with E-state index in [9.17, 15) is 14.4 Å². The standard InChI is InChI=1S/C21H25N3O3/c1-13-4-2-3-5-17(13)22-11-14-6-7-16-15(10-14)12-24(21(16)27)18-8-9-19(25)23-20(18)26/h6-7,10,13,18H,2-5,8-9,11-12H2,1H3,(H,23,25,26)/p+1/t13-,18?/m1/s1. The Morgan fingerprint density at radius 3 is 2.78 bits per heavy atom. The van der Waals surface area contributed by atoms with Crippen molar-refractivity contribution in [2.24, 2.45) is 5.92 Å². The van der Waals surface area contributed by atoms with E-state index in [1.807, 2.05) is 12.1 Å². The van der Waals surface area contributed by atoms with Crippen molar-refractivity contribution in [2.45, 2.75) is 64.6 Å². The number of imide groups is 1. The summed E-state index contributed by atoms with van der Waals surface area (Å²) in [5, 5.41) is 2.34. The van der Waals surface area contributed by atoms with Crippen LogP contribution in [0.1, 0.15) is 66.9 Å². The fraction of sp³-hybridized carbons (Fsp3) is 0.524. The Labute approximate surface area is 159 Å². The normalized spacial score (nSPS) is 27.1. The minimum Gasteiger partial charge on any atom is -0.322 e. The first kappa shape index (κ1) is 17.9. The molecule has 3 amide bonds. The second kappa shape index (κ2) is 7.25. The Bertz CT molecular complexity index is 830. The van der Waals surface area contributed by atoms with Crippen LogP contribution in [0.4, 0.5) is 0 Å². The monoisotopic (exact) mass is 368 g/mol. The van der Waals surface area contributed by atoms with Crippen LogP contribution in [0.2, 0.25) is 0 Å². The third-order valence-electron chi connectivity index (χ3n) is 6.04. The summed E-state index contributed by atoms with van der Waals surface area (Å²) in [6, 6.07) is 5.38. The van der Waals surface area contributed by atoms with E-state index >= 15 is 0 Å². The molecule has 1 saturated carbocycles. The molecule has 2 N–H and O–H groups in total. The van der Waals surface area contributed by atoms with E-state index in [4.69, 9.17) is 0 Å². The van der Waals surface area contributed by atoms with E-state index in [1.165, 1.54) is 25.0 Å². The Hall–Kier alpha value is -2.50. The van der Waals surface area contributed by atoms with Crippen LogP contribution < -0.4 is 10.3 Å². The first-order valence-electron chi connectivity index (χ1n) is 9.89. The van der Waals surface area contributed by atoms with Crippen molar-refractivity contribution in [3.8, 4) is 0 Å². The SMILES string of the molecule is C[C@@H]1CCCCC1=[NH+]Cc1ccc2c(c1)CN(C1CCC(=O)NC1=O)C2=O. The minimum atomic E-state index is -0.553. The lowest BCUT2D eigenvalue weighted by atomic mass is 9.88. The Morgan fingerprint density at radius 1 is 1.15 bits per heavy atom. The maximum Gasteiger partial charge on any atom is 0.255 e. The molecule has 0 radical (unpaired) electrons. The van der Waals surface area contributed by atoms with Crippen molar-refractivity contribution in [3.63, 3.8) is 0 Å². The Morgan fingerprint density at radius 2 is 2.00 bits per heavy atom. The molecule has 0 aromatic heterocycles. The van der Waals surface area contributed by atoms with Crippen molar-refractivity contribution >= 4 is 23.4 Å². The second-order valence-corrected chi connectivity index (χ2v) is 7.92. The molecule has 6 nitrogen and oxygen atoms in total. The number of hydrogen-bond acceptors (Lipinski definition) is 3. The van der Waals surface area contributed by atoms with E-state index in [-0.39, 0.29) is 24.1 Å². The van der Waals surface area contributed by atoms with Gasteiger partial charge in [0.25, 0.3) is 5.91 Å². The van der Waals surface area contributed by atoms with Crippen LogP contribution in [-0.4, -0.2) is 34.4 Å². The summed E-state index contributed by atoms with van der Waals surface area (Å²) in [6.07, 6.45) is 5.64. The van der Waals surface area contributed by atoms with E-state index in [2.05, 4.69) is 23.3 Å². The number of hydrogen-bond donors (Lipinski definition) is 2. The molecule has 2 fully saturated rings. The highest BCUT2D eigenvalue weighted by atomic mass is 16.2. The molecule has 6 heteroatoms. The number of amides is 3. The van der Waals surface area contributed by atoms with Crippen molar-refractivity contribution in [2.75, 3.05) is 0 Å². The van der Waals surface area contributed by atoms with E-state index < -0.39 is 6.04 Å². The summed E-state index contributed by atoms with van der Waals surface area (Å²) in [7, 11) is 0. The van der Waals surface area contributed by atoms with Crippen LogP contribution in [0, 0.1) is 5.92 Å². The molecule has 2 aliphatic heterocycles. The molecule has 2 heterocycles. The van der Waals surface area contributed by atoms with Crippen molar-refractivity contribution in [1.29, 1.82) is 0 Å². The maximum atomic E-state index is 12.7. The highest BCUT2D eigenvalue weighted by molar-refractivity contribution is 6.05. The molecule has 27 heavy (non-hydrogen) atoms. The Kier molecular flexibility index (Phi) is 4.81. The maximum absolute atomic E-state index is 12.7. The summed E-state index contributed by atoms with van der Waals surface area (Å²) >= 11 is 0. The number of carbonyl (C=O) groups excluding carboxylic acids is 3. The molecule has 1 saturated heterocycles. The van der Waals surface area contributed by atoms with Gasteiger partial charge in [-0.3, -0.25) is 19.7 Å². The van der Waals surface area contributed by atoms with E-state index in [1.54, 1.807) is 4.90 Å².